The third-order valence-corrected chi connectivity index (χ3v) is 1.15. The Hall–Kier alpha value is -0.120. The van der Waals surface area contributed by atoms with Gasteiger partial charge in [-0.05, 0) is 19.9 Å². The second-order valence-electron chi connectivity index (χ2n) is 1.89. The molecule has 0 rings (SSSR count). The first-order valence-corrected chi connectivity index (χ1v) is 3.36. The molecule has 9 heavy (non-hydrogen) atoms. The van der Waals surface area contributed by atoms with Crippen LogP contribution in [0.3, 0.4) is 0 Å². The van der Waals surface area contributed by atoms with Gasteiger partial charge in [0.05, 0.1) is 6.10 Å². The Morgan fingerprint density at radius 3 is 2.44 bits per heavy atom. The molecule has 56 valence electrons. The van der Waals surface area contributed by atoms with Crippen molar-refractivity contribution in [2.45, 2.75) is 19.4 Å². The minimum absolute atomic E-state index is 0.167. The third kappa shape index (κ3) is 4.39. The number of nitrogens with two attached hydrogens (primary N) is 2. The third-order valence-electron chi connectivity index (χ3n) is 1.15. The molecular weight excluding hydrogens is 116 g/mol. The first-order chi connectivity index (χ1) is 4.35. The summed E-state index contributed by atoms with van der Waals surface area (Å²) in [5.74, 6) is 0. The van der Waals surface area contributed by atoms with Crippen LogP contribution in [-0.4, -0.2) is 25.8 Å². The topological polar surface area (TPSA) is 61.3 Å². The second kappa shape index (κ2) is 6.01. The number of rotatable bonds is 5. The van der Waals surface area contributed by atoms with Crippen LogP contribution >= 0.6 is 0 Å². The van der Waals surface area contributed by atoms with Gasteiger partial charge < -0.3 is 16.2 Å². The number of ether oxygens (including phenoxy) is 1. The first-order valence-electron chi connectivity index (χ1n) is 3.36. The minimum Gasteiger partial charge on any atom is -0.377 e. The Kier molecular flexibility index (Phi) is 5.93. The van der Waals surface area contributed by atoms with Gasteiger partial charge in [-0.3, -0.25) is 0 Å². The molecule has 0 aliphatic carbocycles. The van der Waals surface area contributed by atoms with Gasteiger partial charge in [-0.1, -0.05) is 0 Å². The van der Waals surface area contributed by atoms with E-state index < -0.39 is 0 Å². The molecule has 1 atom stereocenters. The molecule has 0 aliphatic heterocycles. The largest absolute Gasteiger partial charge is 0.377 e. The van der Waals surface area contributed by atoms with Crippen molar-refractivity contribution in [3.63, 3.8) is 0 Å². The Labute approximate surface area is 56.4 Å². The quantitative estimate of drug-likeness (QED) is 0.540. The van der Waals surface area contributed by atoms with E-state index in [0.29, 0.717) is 13.1 Å². The molecule has 4 N–H and O–H groups in total. The van der Waals surface area contributed by atoms with E-state index in [9.17, 15) is 0 Å². The van der Waals surface area contributed by atoms with Crippen molar-refractivity contribution in [3.05, 3.63) is 0 Å². The van der Waals surface area contributed by atoms with E-state index in [-0.39, 0.29) is 6.10 Å². The van der Waals surface area contributed by atoms with Crippen LogP contribution in [0.5, 0.6) is 0 Å². The van der Waals surface area contributed by atoms with Gasteiger partial charge in [-0.15, -0.1) is 0 Å². The molecule has 0 saturated carbocycles. The molecule has 0 radical (unpaired) electrons. The van der Waals surface area contributed by atoms with Crippen LogP contribution in [0.2, 0.25) is 0 Å². The van der Waals surface area contributed by atoms with Gasteiger partial charge >= 0.3 is 0 Å². The van der Waals surface area contributed by atoms with E-state index in [1.807, 2.05) is 6.92 Å². The predicted molar refractivity (Wildman–Crippen MR) is 38.1 cm³/mol. The molecule has 3 heteroatoms. The maximum atomic E-state index is 5.36. The highest BCUT2D eigenvalue weighted by molar-refractivity contribution is 4.57. The SMILES string of the molecule is CCOC(CN)CCN. The zero-order valence-electron chi connectivity index (χ0n) is 5.97. The molecule has 0 aromatic carbocycles. The van der Waals surface area contributed by atoms with Crippen LogP contribution in [0.15, 0.2) is 0 Å². The highest BCUT2D eigenvalue weighted by atomic mass is 16.5. The van der Waals surface area contributed by atoms with Crippen LogP contribution in [-0.2, 0) is 4.74 Å². The van der Waals surface area contributed by atoms with Crippen molar-refractivity contribution in [1.82, 2.24) is 0 Å². The van der Waals surface area contributed by atoms with Gasteiger partial charge in [0.15, 0.2) is 0 Å². The van der Waals surface area contributed by atoms with Gasteiger partial charge in [0.1, 0.15) is 0 Å². The fourth-order valence-corrected chi connectivity index (χ4v) is 0.691. The molecule has 0 aliphatic rings. The number of hydrogen-bond donors (Lipinski definition) is 2. The predicted octanol–water partition coefficient (Wildman–Crippen LogP) is -0.301. The summed E-state index contributed by atoms with van der Waals surface area (Å²) in [7, 11) is 0. The summed E-state index contributed by atoms with van der Waals surface area (Å²) in [5.41, 5.74) is 10.7. The monoisotopic (exact) mass is 132 g/mol. The summed E-state index contributed by atoms with van der Waals surface area (Å²) in [4.78, 5) is 0. The Balaban J connectivity index is 3.18. The van der Waals surface area contributed by atoms with Crippen LogP contribution in [0.25, 0.3) is 0 Å². The molecule has 1 unspecified atom stereocenters. The van der Waals surface area contributed by atoms with Gasteiger partial charge in [0.2, 0.25) is 0 Å². The van der Waals surface area contributed by atoms with Crippen LogP contribution in [0.4, 0.5) is 0 Å². The zero-order chi connectivity index (χ0) is 7.11. The average Bonchev–Trinajstić information content (AvgIpc) is 1.88. The second-order valence-corrected chi connectivity index (χ2v) is 1.89. The highest BCUT2D eigenvalue weighted by Gasteiger charge is 2.02. The first kappa shape index (κ1) is 8.88. The maximum Gasteiger partial charge on any atom is 0.0709 e. The van der Waals surface area contributed by atoms with Gasteiger partial charge in [-0.25, -0.2) is 0 Å². The normalized spacial score (nSPS) is 13.7. The summed E-state index contributed by atoms with van der Waals surface area (Å²) in [6, 6.07) is 0. The molecule has 0 bridgehead atoms. The van der Waals surface area contributed by atoms with Crippen molar-refractivity contribution in [2.75, 3.05) is 19.7 Å². The summed E-state index contributed by atoms with van der Waals surface area (Å²) in [5, 5.41) is 0. The number of hydrogen-bond acceptors (Lipinski definition) is 3. The highest BCUT2D eigenvalue weighted by Crippen LogP contribution is 1.92. The lowest BCUT2D eigenvalue weighted by atomic mass is 10.2. The van der Waals surface area contributed by atoms with Crippen molar-refractivity contribution < 1.29 is 4.74 Å². The molecular formula is C6H16N2O. The molecule has 0 amide bonds. The van der Waals surface area contributed by atoms with Crippen molar-refractivity contribution in [1.29, 1.82) is 0 Å². The van der Waals surface area contributed by atoms with E-state index in [0.717, 1.165) is 13.0 Å². The fraction of sp³-hybridized carbons (Fsp3) is 1.00. The van der Waals surface area contributed by atoms with E-state index in [4.69, 9.17) is 16.2 Å². The van der Waals surface area contributed by atoms with Gasteiger partial charge in [0.25, 0.3) is 0 Å². The Bertz CT molecular complexity index is 53.0. The average molecular weight is 132 g/mol. The maximum absolute atomic E-state index is 5.36. The van der Waals surface area contributed by atoms with Crippen molar-refractivity contribution in [2.24, 2.45) is 11.5 Å². The van der Waals surface area contributed by atoms with Crippen LogP contribution in [0.1, 0.15) is 13.3 Å². The van der Waals surface area contributed by atoms with E-state index in [2.05, 4.69) is 0 Å². The minimum atomic E-state index is 0.167. The molecule has 0 aromatic rings. The van der Waals surface area contributed by atoms with Crippen molar-refractivity contribution >= 4 is 0 Å². The van der Waals surface area contributed by atoms with E-state index >= 15 is 0 Å². The summed E-state index contributed by atoms with van der Waals surface area (Å²) >= 11 is 0. The Morgan fingerprint density at radius 2 is 2.11 bits per heavy atom. The lowest BCUT2D eigenvalue weighted by Crippen LogP contribution is -2.26. The Morgan fingerprint density at radius 1 is 1.44 bits per heavy atom. The summed E-state index contributed by atoms with van der Waals surface area (Å²) in [6.07, 6.45) is 1.03. The van der Waals surface area contributed by atoms with Gasteiger partial charge in [0, 0.05) is 13.2 Å². The summed E-state index contributed by atoms with van der Waals surface area (Å²) < 4.78 is 5.23. The van der Waals surface area contributed by atoms with Crippen LogP contribution in [0, 0.1) is 0 Å². The molecule has 3 nitrogen and oxygen atoms in total. The standard InChI is InChI=1S/C6H16N2O/c1-2-9-6(5-8)3-4-7/h6H,2-5,7-8H2,1H3. The molecule has 0 aromatic heterocycles. The van der Waals surface area contributed by atoms with E-state index in [1.165, 1.54) is 0 Å². The smallest absolute Gasteiger partial charge is 0.0709 e. The van der Waals surface area contributed by atoms with Crippen molar-refractivity contribution in [3.8, 4) is 0 Å². The molecule has 0 saturated heterocycles. The van der Waals surface area contributed by atoms with E-state index in [1.54, 1.807) is 0 Å². The van der Waals surface area contributed by atoms with Crippen LogP contribution < -0.4 is 11.5 Å². The fourth-order valence-electron chi connectivity index (χ4n) is 0.691. The molecule has 0 heterocycles. The lowest BCUT2D eigenvalue weighted by Gasteiger charge is -2.12. The summed E-state index contributed by atoms with van der Waals surface area (Å²) in [6.45, 7) is 3.91. The zero-order valence-corrected chi connectivity index (χ0v) is 5.97. The molecule has 0 fully saturated rings. The molecule has 0 spiro atoms. The van der Waals surface area contributed by atoms with Gasteiger partial charge in [-0.2, -0.15) is 0 Å². The lowest BCUT2D eigenvalue weighted by molar-refractivity contribution is 0.0648.